The molecular formula is C25H29N5O5. The number of carbonyl (C=O) groups excluding carboxylic acids is 1. The van der Waals surface area contributed by atoms with Crippen LogP contribution in [-0.4, -0.2) is 62.4 Å². The minimum atomic E-state index is -0.560. The summed E-state index contributed by atoms with van der Waals surface area (Å²) < 4.78 is 18.1. The Bertz CT molecular complexity index is 1190. The first-order valence-electron chi connectivity index (χ1n) is 11.6. The van der Waals surface area contributed by atoms with Gasteiger partial charge in [0.15, 0.2) is 11.5 Å². The highest BCUT2D eigenvalue weighted by Gasteiger charge is 2.34. The number of alkyl carbamates (subject to hydrolysis) is 1. The summed E-state index contributed by atoms with van der Waals surface area (Å²) in [5.74, 6) is 1.25. The zero-order chi connectivity index (χ0) is 24.6. The third kappa shape index (κ3) is 5.02. The fourth-order valence-corrected chi connectivity index (χ4v) is 4.52. The van der Waals surface area contributed by atoms with Crippen molar-refractivity contribution < 1.29 is 24.1 Å². The Hall–Kier alpha value is -3.79. The van der Waals surface area contributed by atoms with E-state index >= 15 is 0 Å². The van der Waals surface area contributed by atoms with E-state index in [9.17, 15) is 9.90 Å². The molecule has 0 spiro atoms. The molecule has 2 aliphatic rings. The van der Waals surface area contributed by atoms with Crippen molar-refractivity contribution in [3.63, 3.8) is 0 Å². The lowest BCUT2D eigenvalue weighted by atomic mass is 9.95. The molecule has 0 aliphatic carbocycles. The van der Waals surface area contributed by atoms with E-state index in [0.29, 0.717) is 23.6 Å². The van der Waals surface area contributed by atoms with Crippen LogP contribution in [0.1, 0.15) is 44.4 Å². The molecule has 1 saturated heterocycles. The molecule has 184 valence electrons. The Morgan fingerprint density at radius 1 is 1.20 bits per heavy atom. The summed E-state index contributed by atoms with van der Waals surface area (Å²) >= 11 is 0. The number of fused-ring (bicyclic) bond motifs is 1. The molecule has 10 heteroatoms. The van der Waals surface area contributed by atoms with Gasteiger partial charge in [-0.1, -0.05) is 12.1 Å². The van der Waals surface area contributed by atoms with E-state index in [4.69, 9.17) is 14.2 Å². The van der Waals surface area contributed by atoms with Crippen molar-refractivity contribution in [2.75, 3.05) is 19.9 Å². The Balaban J connectivity index is 1.43. The average Bonchev–Trinajstić information content (AvgIpc) is 3.55. The van der Waals surface area contributed by atoms with E-state index in [1.54, 1.807) is 17.1 Å². The van der Waals surface area contributed by atoms with Gasteiger partial charge in [0.25, 0.3) is 0 Å². The number of ether oxygens (including phenoxy) is 3. The summed E-state index contributed by atoms with van der Waals surface area (Å²) in [7, 11) is 0. The molecule has 35 heavy (non-hydrogen) atoms. The van der Waals surface area contributed by atoms with Crippen LogP contribution < -0.4 is 14.8 Å². The largest absolute Gasteiger partial charge is 0.507 e. The number of hydrogen-bond donors (Lipinski definition) is 2. The fraction of sp³-hybridized carbons (Fsp3) is 0.400. The molecule has 10 nitrogen and oxygen atoms in total. The number of phenolic OH excluding ortho intramolecular Hbond substituents is 1. The van der Waals surface area contributed by atoms with E-state index < -0.39 is 11.7 Å². The number of nitrogens with zero attached hydrogens (tertiary/aromatic N) is 4. The Morgan fingerprint density at radius 3 is 2.63 bits per heavy atom. The van der Waals surface area contributed by atoms with Crippen molar-refractivity contribution in [1.29, 1.82) is 0 Å². The van der Waals surface area contributed by atoms with Gasteiger partial charge in [0.1, 0.15) is 24.0 Å². The molecule has 5 rings (SSSR count). The van der Waals surface area contributed by atoms with Crippen LogP contribution in [0.15, 0.2) is 49.1 Å². The topological polar surface area (TPSA) is 111 Å². The molecule has 1 aromatic heterocycles. The Kier molecular flexibility index (Phi) is 5.98. The van der Waals surface area contributed by atoms with Crippen LogP contribution >= 0.6 is 0 Å². The molecular weight excluding hydrogens is 450 g/mol. The van der Waals surface area contributed by atoms with Crippen LogP contribution in [-0.2, 0) is 4.74 Å². The number of aromatic hydroxyl groups is 1. The minimum Gasteiger partial charge on any atom is -0.507 e. The van der Waals surface area contributed by atoms with Crippen LogP contribution in [0.25, 0.3) is 5.69 Å². The molecule has 1 fully saturated rings. The third-order valence-electron chi connectivity index (χ3n) is 6.01. The molecule has 0 saturated carbocycles. The van der Waals surface area contributed by atoms with Gasteiger partial charge < -0.3 is 24.6 Å². The second-order valence-electron chi connectivity index (χ2n) is 9.73. The molecule has 2 N–H and O–H groups in total. The summed E-state index contributed by atoms with van der Waals surface area (Å²) in [5.41, 5.74) is 2.02. The smallest absolute Gasteiger partial charge is 0.407 e. The molecule has 2 atom stereocenters. The fourth-order valence-electron chi connectivity index (χ4n) is 4.52. The molecule has 0 radical (unpaired) electrons. The maximum absolute atomic E-state index is 12.3. The molecule has 0 bridgehead atoms. The van der Waals surface area contributed by atoms with Gasteiger partial charge in [-0.25, -0.2) is 14.5 Å². The van der Waals surface area contributed by atoms with Crippen molar-refractivity contribution in [3.8, 4) is 22.9 Å². The standard InChI is InChI=1S/C25H29N5O5/c1-25(2,3)35-24(32)28-17-8-9-29(12-17)23(19-10-21-22(11-20(19)31)34-15-33-21)16-4-6-18(7-5-16)30-14-26-13-27-30/h4-7,10-11,13-14,17,23,31H,8-9,12,15H2,1-3H3,(H,28,32)/t17-,23?/m1/s1. The molecule has 2 aromatic carbocycles. The number of likely N-dealkylation sites (tertiary alicyclic amines) is 1. The predicted molar refractivity (Wildman–Crippen MR) is 127 cm³/mol. The molecule has 3 heterocycles. The summed E-state index contributed by atoms with van der Waals surface area (Å²) in [6, 6.07) is 11.1. The first-order valence-corrected chi connectivity index (χ1v) is 11.6. The van der Waals surface area contributed by atoms with Gasteiger partial charge in [-0.15, -0.1) is 0 Å². The second kappa shape index (κ2) is 9.10. The van der Waals surface area contributed by atoms with Crippen molar-refractivity contribution in [1.82, 2.24) is 25.0 Å². The number of hydrogen-bond acceptors (Lipinski definition) is 8. The lowest BCUT2D eigenvalue weighted by Crippen LogP contribution is -2.41. The zero-order valence-corrected chi connectivity index (χ0v) is 20.0. The van der Waals surface area contributed by atoms with E-state index in [1.165, 1.54) is 6.33 Å². The minimum absolute atomic E-state index is 0.0714. The first kappa shape index (κ1) is 23.0. The van der Waals surface area contributed by atoms with Crippen molar-refractivity contribution in [2.45, 2.75) is 44.9 Å². The van der Waals surface area contributed by atoms with Crippen LogP contribution in [0.3, 0.4) is 0 Å². The number of nitrogens with one attached hydrogen (secondary N) is 1. The van der Waals surface area contributed by atoms with Crippen LogP contribution in [0, 0.1) is 0 Å². The number of amides is 1. The zero-order valence-electron chi connectivity index (χ0n) is 20.0. The highest BCUT2D eigenvalue weighted by Crippen LogP contribution is 2.44. The first-order chi connectivity index (χ1) is 16.8. The summed E-state index contributed by atoms with van der Waals surface area (Å²) in [6.07, 6.45) is 3.47. The second-order valence-corrected chi connectivity index (χ2v) is 9.73. The van der Waals surface area contributed by atoms with E-state index in [1.807, 2.05) is 51.1 Å². The number of carbonyl (C=O) groups is 1. The van der Waals surface area contributed by atoms with Crippen LogP contribution in [0.5, 0.6) is 17.2 Å². The summed E-state index contributed by atoms with van der Waals surface area (Å²) in [6.45, 7) is 6.98. The molecule has 2 aliphatic heterocycles. The van der Waals surface area contributed by atoms with Gasteiger partial charge in [0.05, 0.1) is 11.7 Å². The maximum Gasteiger partial charge on any atom is 0.407 e. The Labute approximate surface area is 203 Å². The molecule has 3 aromatic rings. The number of rotatable bonds is 5. The average molecular weight is 480 g/mol. The molecule has 1 amide bonds. The number of benzene rings is 2. The molecule has 1 unspecified atom stereocenters. The van der Waals surface area contributed by atoms with Crippen molar-refractivity contribution in [2.24, 2.45) is 0 Å². The summed E-state index contributed by atoms with van der Waals surface area (Å²) in [4.78, 5) is 18.6. The van der Waals surface area contributed by atoms with E-state index in [-0.39, 0.29) is 24.6 Å². The lowest BCUT2D eigenvalue weighted by molar-refractivity contribution is 0.0505. The normalized spacial score (nSPS) is 18.4. The van der Waals surface area contributed by atoms with Gasteiger partial charge in [0.2, 0.25) is 6.79 Å². The van der Waals surface area contributed by atoms with E-state index in [2.05, 4.69) is 20.3 Å². The summed E-state index contributed by atoms with van der Waals surface area (Å²) in [5, 5.41) is 18.1. The highest BCUT2D eigenvalue weighted by atomic mass is 16.7. The monoisotopic (exact) mass is 479 g/mol. The highest BCUT2D eigenvalue weighted by molar-refractivity contribution is 5.68. The van der Waals surface area contributed by atoms with E-state index in [0.717, 1.165) is 24.2 Å². The van der Waals surface area contributed by atoms with Gasteiger partial charge >= 0.3 is 6.09 Å². The Morgan fingerprint density at radius 2 is 1.94 bits per heavy atom. The number of phenols is 1. The van der Waals surface area contributed by atoms with Gasteiger partial charge in [-0.3, -0.25) is 4.90 Å². The van der Waals surface area contributed by atoms with Crippen LogP contribution in [0.4, 0.5) is 4.79 Å². The predicted octanol–water partition coefficient (Wildman–Crippen LogP) is 3.39. The quantitative estimate of drug-likeness (QED) is 0.573. The maximum atomic E-state index is 12.3. The lowest BCUT2D eigenvalue weighted by Gasteiger charge is -2.30. The van der Waals surface area contributed by atoms with Gasteiger partial charge in [-0.05, 0) is 51.0 Å². The van der Waals surface area contributed by atoms with Crippen molar-refractivity contribution in [3.05, 3.63) is 60.2 Å². The SMILES string of the molecule is CC(C)(C)OC(=O)N[C@@H]1CCN(C(c2ccc(-n3cncn3)cc2)c2cc3c(cc2O)OCO3)C1. The van der Waals surface area contributed by atoms with Gasteiger partial charge in [-0.2, -0.15) is 5.10 Å². The van der Waals surface area contributed by atoms with Crippen molar-refractivity contribution >= 4 is 6.09 Å². The number of aromatic nitrogens is 3. The van der Waals surface area contributed by atoms with Gasteiger partial charge in [0, 0.05) is 30.8 Å². The van der Waals surface area contributed by atoms with Crippen LogP contribution in [0.2, 0.25) is 0 Å². The third-order valence-corrected chi connectivity index (χ3v) is 6.01.